The van der Waals surface area contributed by atoms with Gasteiger partial charge >= 0.3 is 14.2 Å². The van der Waals surface area contributed by atoms with Crippen LogP contribution in [-0.4, -0.2) is 41.2 Å². The minimum Gasteiger partial charge on any atom is -0.399 e. The van der Waals surface area contributed by atoms with Crippen LogP contribution >= 0.6 is 0 Å². The fraction of sp³-hybridized carbons (Fsp3) is 0.222. The zero-order valence-electron chi connectivity index (χ0n) is 38.3. The molecule has 0 saturated carbocycles. The van der Waals surface area contributed by atoms with Gasteiger partial charge in [0, 0.05) is 50.6 Å². The Bertz CT molecular complexity index is 2870. The van der Waals surface area contributed by atoms with Crippen LogP contribution in [0.1, 0.15) is 55.4 Å². The van der Waals surface area contributed by atoms with Crippen molar-refractivity contribution in [2.45, 2.75) is 77.8 Å². The van der Waals surface area contributed by atoms with Crippen molar-refractivity contribution in [3.63, 3.8) is 0 Å². The second kappa shape index (κ2) is 15.9. The van der Waals surface area contributed by atoms with E-state index >= 15 is 0 Å². The van der Waals surface area contributed by atoms with Gasteiger partial charge in [0.15, 0.2) is 0 Å². The van der Waals surface area contributed by atoms with Crippen LogP contribution in [-0.2, 0) is 18.6 Å². The molecule has 7 nitrogen and oxygen atoms in total. The van der Waals surface area contributed by atoms with E-state index in [0.717, 1.165) is 72.5 Å². The van der Waals surface area contributed by atoms with Gasteiger partial charge in [0.2, 0.25) is 0 Å². The van der Waals surface area contributed by atoms with Gasteiger partial charge in [-0.25, -0.2) is 13.2 Å². The molecule has 0 spiro atoms. The maximum Gasteiger partial charge on any atom is 0.494 e. The molecule has 0 bridgehead atoms. The van der Waals surface area contributed by atoms with E-state index in [-0.39, 0.29) is 17.5 Å². The molecule has 0 N–H and O–H groups in total. The van der Waals surface area contributed by atoms with Crippen molar-refractivity contribution < 1.29 is 31.8 Å². The minimum absolute atomic E-state index is 0.331. The molecule has 12 heteroatoms. The fourth-order valence-electron chi connectivity index (χ4n) is 8.74. The largest absolute Gasteiger partial charge is 0.494 e. The first-order valence-corrected chi connectivity index (χ1v) is 22.2. The highest BCUT2D eigenvalue weighted by Gasteiger charge is 2.52. The van der Waals surface area contributed by atoms with E-state index in [1.165, 1.54) is 36.4 Å². The van der Waals surface area contributed by atoms with Gasteiger partial charge in [-0.3, -0.25) is 0 Å². The molecule has 1 aromatic heterocycles. The molecule has 7 aromatic carbocycles. The molecule has 0 atom stereocenters. The summed E-state index contributed by atoms with van der Waals surface area (Å²) in [4.78, 5) is 4.18. The minimum atomic E-state index is -0.533. The van der Waals surface area contributed by atoms with E-state index in [1.54, 1.807) is 36.4 Å². The molecule has 0 amide bonds. The average Bonchev–Trinajstić information content (AvgIpc) is 3.82. The number of hydrogen-bond donors (Lipinski definition) is 0. The van der Waals surface area contributed by atoms with Crippen LogP contribution < -0.4 is 20.7 Å². The third kappa shape index (κ3) is 7.65. The molecule has 3 heterocycles. The topological polar surface area (TPSA) is 48.3 Å². The molecular weight excluding hydrogens is 833 g/mol. The molecule has 2 saturated heterocycles. The zero-order chi connectivity index (χ0) is 46.3. The SMILES string of the molecule is CC1(C)OB(c2ccc(N(c3ccc(F)cc3)c3ccc4c(c3)c3cc(N(c5ccc(F)cc5)c5ccc(B6OC(C)(C)C(C)(C)O6)cc5)ccc3n4-c3ccc(F)cc3)cc2)OC1(C)C. The van der Waals surface area contributed by atoms with Crippen molar-refractivity contribution in [3.8, 4) is 5.69 Å². The maximum atomic E-state index is 14.5. The summed E-state index contributed by atoms with van der Waals surface area (Å²) in [5, 5.41) is 1.84. The highest BCUT2D eigenvalue weighted by molar-refractivity contribution is 6.62. The number of nitrogens with zero attached hydrogens (tertiary/aromatic N) is 3. The number of rotatable bonds is 9. The lowest BCUT2D eigenvalue weighted by Crippen LogP contribution is -2.41. The van der Waals surface area contributed by atoms with Crippen molar-refractivity contribution in [1.29, 1.82) is 0 Å². The predicted octanol–water partition coefficient (Wildman–Crippen LogP) is 12.7. The molecule has 2 fully saturated rings. The average molecular weight is 884 g/mol. The summed E-state index contributed by atoms with van der Waals surface area (Å²) in [7, 11) is -1.07. The molecule has 10 rings (SSSR count). The summed E-state index contributed by atoms with van der Waals surface area (Å²) in [6, 6.07) is 47.9. The number of anilines is 6. The summed E-state index contributed by atoms with van der Waals surface area (Å²) in [6.07, 6.45) is 0. The summed E-state index contributed by atoms with van der Waals surface area (Å²) in [5.74, 6) is -1.01. The van der Waals surface area contributed by atoms with Gasteiger partial charge in [0.05, 0.1) is 33.4 Å². The first kappa shape index (κ1) is 43.6. The molecule has 0 aliphatic carbocycles. The molecule has 0 radical (unpaired) electrons. The lowest BCUT2D eigenvalue weighted by atomic mass is 9.79. The van der Waals surface area contributed by atoms with Gasteiger partial charge in [-0.15, -0.1) is 0 Å². The van der Waals surface area contributed by atoms with E-state index in [4.69, 9.17) is 18.6 Å². The van der Waals surface area contributed by atoms with E-state index in [2.05, 4.69) is 38.6 Å². The first-order valence-electron chi connectivity index (χ1n) is 22.2. The van der Waals surface area contributed by atoms with Crippen LogP contribution in [0, 0.1) is 17.5 Å². The van der Waals surface area contributed by atoms with Crippen LogP contribution in [0.5, 0.6) is 0 Å². The molecule has 332 valence electrons. The number of hydrogen-bond acceptors (Lipinski definition) is 6. The summed E-state index contributed by atoms with van der Waals surface area (Å²) < 4.78 is 71.0. The van der Waals surface area contributed by atoms with Gasteiger partial charge in [-0.1, -0.05) is 24.3 Å². The standard InChI is InChI=1S/C54H50B2F3N3O4/c1-51(2)52(3,4)64-55(63-51)35-9-19-40(20-10-35)60(42-23-13-37(57)14-24-42)45-29-31-49-47(33-45)48-34-46(30-32-50(48)62(49)44-27-17-39(59)18-28-44)61(43-25-15-38(58)16-26-43)41-21-11-36(12-22-41)56-65-53(5,6)54(7,8)66-56/h9-34H,1-8H3. The van der Waals surface area contributed by atoms with Gasteiger partial charge < -0.3 is 33.0 Å². The second-order valence-electron chi connectivity index (χ2n) is 19.2. The number of aromatic nitrogens is 1. The molecule has 2 aliphatic rings. The van der Waals surface area contributed by atoms with Crippen LogP contribution in [0.25, 0.3) is 27.5 Å². The van der Waals surface area contributed by atoms with E-state index in [0.29, 0.717) is 0 Å². The molecule has 2 aliphatic heterocycles. The van der Waals surface area contributed by atoms with Crippen molar-refractivity contribution in [2.75, 3.05) is 9.80 Å². The van der Waals surface area contributed by atoms with Crippen molar-refractivity contribution in [1.82, 2.24) is 4.57 Å². The number of benzene rings is 7. The zero-order valence-corrected chi connectivity index (χ0v) is 38.3. The third-order valence-corrected chi connectivity index (χ3v) is 13.9. The highest BCUT2D eigenvalue weighted by Crippen LogP contribution is 2.44. The molecule has 66 heavy (non-hydrogen) atoms. The molecule has 0 unspecified atom stereocenters. The Balaban J connectivity index is 1.12. The quantitative estimate of drug-likeness (QED) is 0.135. The van der Waals surface area contributed by atoms with Gasteiger partial charge in [-0.05, 0) is 200 Å². The monoisotopic (exact) mass is 883 g/mol. The Morgan fingerprint density at radius 1 is 0.364 bits per heavy atom. The van der Waals surface area contributed by atoms with Crippen LogP contribution in [0.4, 0.5) is 47.3 Å². The smallest absolute Gasteiger partial charge is 0.399 e. The Hall–Kier alpha value is -6.30. The van der Waals surface area contributed by atoms with Crippen LogP contribution in [0.3, 0.4) is 0 Å². The normalized spacial score (nSPS) is 17.2. The van der Waals surface area contributed by atoms with Crippen molar-refractivity contribution in [3.05, 3.63) is 175 Å². The maximum absolute atomic E-state index is 14.5. The van der Waals surface area contributed by atoms with E-state index < -0.39 is 36.6 Å². The lowest BCUT2D eigenvalue weighted by molar-refractivity contribution is 0.00578. The van der Waals surface area contributed by atoms with E-state index in [9.17, 15) is 13.2 Å². The summed E-state index contributed by atoms with van der Waals surface area (Å²) >= 11 is 0. The highest BCUT2D eigenvalue weighted by atomic mass is 19.1. The fourth-order valence-corrected chi connectivity index (χ4v) is 8.74. The number of fused-ring (bicyclic) bond motifs is 3. The number of halogens is 3. The lowest BCUT2D eigenvalue weighted by Gasteiger charge is -2.32. The second-order valence-corrected chi connectivity index (χ2v) is 19.2. The Morgan fingerprint density at radius 2 is 0.636 bits per heavy atom. The molecular formula is C54H50B2F3N3O4. The Labute approximate surface area is 384 Å². The van der Waals surface area contributed by atoms with Gasteiger partial charge in [0.1, 0.15) is 17.5 Å². The molecule has 8 aromatic rings. The van der Waals surface area contributed by atoms with E-state index in [1.807, 2.05) is 116 Å². The van der Waals surface area contributed by atoms with Crippen LogP contribution in [0.15, 0.2) is 158 Å². The van der Waals surface area contributed by atoms with Crippen LogP contribution in [0.2, 0.25) is 0 Å². The first-order chi connectivity index (χ1) is 31.4. The Morgan fingerprint density at radius 3 is 0.955 bits per heavy atom. The summed E-state index contributed by atoms with van der Waals surface area (Å²) in [5.41, 5.74) is 7.25. The summed E-state index contributed by atoms with van der Waals surface area (Å²) in [6.45, 7) is 16.3. The van der Waals surface area contributed by atoms with Gasteiger partial charge in [-0.2, -0.15) is 0 Å². The van der Waals surface area contributed by atoms with Crippen molar-refractivity contribution >= 4 is 81.1 Å². The predicted molar refractivity (Wildman–Crippen MR) is 261 cm³/mol. The van der Waals surface area contributed by atoms with Gasteiger partial charge in [0.25, 0.3) is 0 Å². The van der Waals surface area contributed by atoms with Crippen molar-refractivity contribution in [2.24, 2.45) is 0 Å². The third-order valence-electron chi connectivity index (χ3n) is 13.9. The Kier molecular flexibility index (Phi) is 10.5.